The number of esters is 4. The van der Waals surface area contributed by atoms with Gasteiger partial charge in [0, 0.05) is 27.7 Å². The summed E-state index contributed by atoms with van der Waals surface area (Å²) in [6.45, 7) is 4.81. The lowest BCUT2D eigenvalue weighted by Crippen LogP contribution is -2.62. The molecule has 220 valence electrons. The second-order valence-corrected chi connectivity index (χ2v) is 12.0. The molecule has 2 saturated heterocycles. The first kappa shape index (κ1) is 33.1. The van der Waals surface area contributed by atoms with E-state index in [1.165, 1.54) is 0 Å². The smallest absolute Gasteiger partial charge is 0.303 e. The van der Waals surface area contributed by atoms with Gasteiger partial charge in [-0.2, -0.15) is 0 Å². The third kappa shape index (κ3) is 9.77. The molecule has 0 saturated carbocycles. The minimum absolute atomic E-state index is 0.0231. The summed E-state index contributed by atoms with van der Waals surface area (Å²) >= 11 is 6.49. The van der Waals surface area contributed by atoms with Crippen LogP contribution in [0.3, 0.4) is 0 Å². The molecule has 0 bridgehead atoms. The maximum atomic E-state index is 12.7. The van der Waals surface area contributed by atoms with E-state index in [0.717, 1.165) is 44.5 Å². The number of carbonyl (C=O) groups is 5. The van der Waals surface area contributed by atoms with Gasteiger partial charge >= 0.3 is 23.9 Å². The molecule has 0 aromatic rings. The van der Waals surface area contributed by atoms with Crippen molar-refractivity contribution >= 4 is 65.2 Å². The Morgan fingerprint density at radius 2 is 1.51 bits per heavy atom. The van der Waals surface area contributed by atoms with Crippen LogP contribution >= 0.6 is 18.4 Å². The summed E-state index contributed by atoms with van der Waals surface area (Å²) in [5, 5.41) is 3.92. The highest BCUT2D eigenvalue weighted by molar-refractivity contribution is 8.15. The van der Waals surface area contributed by atoms with Crippen LogP contribution in [0, 0.1) is 0 Å². The van der Waals surface area contributed by atoms with Crippen molar-refractivity contribution in [3.8, 4) is 0 Å². The summed E-state index contributed by atoms with van der Waals surface area (Å²) in [7, 11) is 0. The number of hydrogen-bond acceptors (Lipinski definition) is 15. The standard InChI is InChI=1S/C21H32N3O12PS2/c1-7-31-37(38,32-8-2)23-24-16(29)10-39-21(24)22-20-19(35-14(6)28)18(34-13(5)27)17(33-12(4)26)15(36-20)9-30-11(3)25/h15,17-20H,7-10H2,1-6H3,(H,23,38)/t15-,17+,18+,19-,20-/m1/s1. The van der Waals surface area contributed by atoms with E-state index in [0.29, 0.717) is 0 Å². The Kier molecular flexibility index (Phi) is 12.7. The van der Waals surface area contributed by atoms with Crippen LogP contribution in [0.1, 0.15) is 41.5 Å². The molecule has 2 fully saturated rings. The molecule has 2 aliphatic rings. The Balaban J connectivity index is 2.54. The van der Waals surface area contributed by atoms with Gasteiger partial charge in [0.15, 0.2) is 29.7 Å². The molecule has 2 heterocycles. The zero-order chi connectivity index (χ0) is 29.3. The first-order chi connectivity index (χ1) is 18.3. The topological polar surface area (TPSA) is 178 Å². The van der Waals surface area contributed by atoms with Crippen molar-refractivity contribution in [1.29, 1.82) is 0 Å². The average Bonchev–Trinajstić information content (AvgIpc) is 3.14. The lowest BCUT2D eigenvalue weighted by Gasteiger charge is -2.43. The fourth-order valence-electron chi connectivity index (χ4n) is 3.53. The van der Waals surface area contributed by atoms with Crippen LogP contribution in [-0.4, -0.2) is 96.2 Å². The molecule has 0 unspecified atom stereocenters. The number of nitrogens with zero attached hydrogens (tertiary/aromatic N) is 2. The molecule has 0 spiro atoms. The van der Waals surface area contributed by atoms with Gasteiger partial charge in [0.1, 0.15) is 12.7 Å². The molecule has 0 radical (unpaired) electrons. The molecular formula is C21H32N3O12PS2. The van der Waals surface area contributed by atoms with Crippen molar-refractivity contribution in [2.75, 3.05) is 25.6 Å². The van der Waals surface area contributed by atoms with E-state index >= 15 is 0 Å². The molecule has 5 atom stereocenters. The predicted octanol–water partition coefficient (Wildman–Crippen LogP) is 0.803. The van der Waals surface area contributed by atoms with Crippen molar-refractivity contribution in [3.05, 3.63) is 0 Å². The molecule has 0 aliphatic carbocycles. The fourth-order valence-corrected chi connectivity index (χ4v) is 6.63. The average molecular weight is 614 g/mol. The van der Waals surface area contributed by atoms with Crippen LogP contribution in [0.4, 0.5) is 0 Å². The number of carbonyl (C=O) groups excluding carboxylic acids is 5. The largest absolute Gasteiger partial charge is 0.463 e. The summed E-state index contributed by atoms with van der Waals surface area (Å²) in [6.07, 6.45) is -6.75. The Labute approximate surface area is 234 Å². The molecular weight excluding hydrogens is 581 g/mol. The number of aliphatic imine (C=N–C) groups is 1. The maximum absolute atomic E-state index is 12.7. The number of ether oxygens (including phenoxy) is 5. The van der Waals surface area contributed by atoms with Crippen molar-refractivity contribution in [1.82, 2.24) is 10.2 Å². The van der Waals surface area contributed by atoms with Gasteiger partial charge < -0.3 is 32.7 Å². The zero-order valence-corrected chi connectivity index (χ0v) is 24.8. The van der Waals surface area contributed by atoms with Crippen LogP contribution in [0.2, 0.25) is 0 Å². The summed E-state index contributed by atoms with van der Waals surface area (Å²) in [5.41, 5.74) is 0. The SMILES string of the molecule is CCOP(=S)(NN1C(=O)CSC1=N[C@@H]1O[C@H](COC(C)=O)[C@H](OC(C)=O)[C@H](OC(C)=O)[C@H]1OC(C)=O)OCC. The molecule has 15 nitrogen and oxygen atoms in total. The number of hydrazine groups is 1. The summed E-state index contributed by atoms with van der Waals surface area (Å²) in [4.78, 5) is 64.6. The van der Waals surface area contributed by atoms with Crippen LogP contribution in [-0.2, 0) is 68.5 Å². The Morgan fingerprint density at radius 3 is 2.03 bits per heavy atom. The van der Waals surface area contributed by atoms with E-state index in [4.69, 9.17) is 44.5 Å². The Hall–Kier alpha value is -2.14. The van der Waals surface area contributed by atoms with Gasteiger partial charge in [-0.25, -0.2) is 10.0 Å². The van der Waals surface area contributed by atoms with Crippen molar-refractivity contribution in [2.24, 2.45) is 4.99 Å². The highest BCUT2D eigenvalue weighted by Gasteiger charge is 2.53. The molecule has 18 heteroatoms. The van der Waals surface area contributed by atoms with Gasteiger partial charge in [0.2, 0.25) is 0 Å². The van der Waals surface area contributed by atoms with E-state index < -0.39 is 73.7 Å². The lowest BCUT2D eigenvalue weighted by atomic mass is 9.97. The highest BCUT2D eigenvalue weighted by Crippen LogP contribution is 2.45. The summed E-state index contributed by atoms with van der Waals surface area (Å²) < 4.78 is 38.3. The fraction of sp³-hybridized carbons (Fsp3) is 0.714. The van der Waals surface area contributed by atoms with E-state index in [1.807, 2.05) is 0 Å². The summed E-state index contributed by atoms with van der Waals surface area (Å²) in [6, 6.07) is 0. The predicted molar refractivity (Wildman–Crippen MR) is 139 cm³/mol. The first-order valence-electron chi connectivity index (χ1n) is 11.8. The Bertz CT molecular complexity index is 1020. The van der Waals surface area contributed by atoms with Gasteiger partial charge in [0.25, 0.3) is 12.5 Å². The molecule has 1 N–H and O–H groups in total. The Morgan fingerprint density at radius 1 is 0.974 bits per heavy atom. The molecule has 0 aromatic carbocycles. The van der Waals surface area contributed by atoms with Crippen LogP contribution in [0.5, 0.6) is 0 Å². The van der Waals surface area contributed by atoms with Crippen LogP contribution in [0.15, 0.2) is 4.99 Å². The van der Waals surface area contributed by atoms with E-state index in [1.54, 1.807) is 13.8 Å². The summed E-state index contributed by atoms with van der Waals surface area (Å²) in [5.74, 6) is -3.41. The zero-order valence-electron chi connectivity index (χ0n) is 22.3. The molecule has 1 amide bonds. The number of thioether (sulfide) groups is 1. The van der Waals surface area contributed by atoms with E-state index in [2.05, 4.69) is 10.2 Å². The third-order valence-corrected chi connectivity index (χ3v) is 8.25. The van der Waals surface area contributed by atoms with Gasteiger partial charge in [-0.3, -0.25) is 24.0 Å². The number of amidine groups is 1. The number of amides is 1. The minimum Gasteiger partial charge on any atom is -0.463 e. The normalized spacial score (nSPS) is 26.3. The van der Waals surface area contributed by atoms with Gasteiger partial charge in [-0.05, 0) is 25.7 Å². The lowest BCUT2D eigenvalue weighted by molar-refractivity contribution is -0.251. The minimum atomic E-state index is -3.14. The van der Waals surface area contributed by atoms with Gasteiger partial charge in [-0.1, -0.05) is 11.8 Å². The number of nitrogens with one attached hydrogen (secondary N) is 1. The van der Waals surface area contributed by atoms with Crippen LogP contribution < -0.4 is 5.20 Å². The monoisotopic (exact) mass is 613 g/mol. The van der Waals surface area contributed by atoms with E-state index in [9.17, 15) is 24.0 Å². The molecule has 39 heavy (non-hydrogen) atoms. The molecule has 2 rings (SSSR count). The van der Waals surface area contributed by atoms with Crippen molar-refractivity contribution < 1.29 is 56.7 Å². The van der Waals surface area contributed by atoms with Crippen LogP contribution in [0.25, 0.3) is 0 Å². The van der Waals surface area contributed by atoms with Crippen molar-refractivity contribution in [2.45, 2.75) is 72.2 Å². The second kappa shape index (κ2) is 15.0. The maximum Gasteiger partial charge on any atom is 0.303 e. The van der Waals surface area contributed by atoms with Gasteiger partial charge in [-0.15, -0.1) is 5.20 Å². The quantitative estimate of drug-likeness (QED) is 0.186. The number of hydrogen-bond donors (Lipinski definition) is 1. The third-order valence-electron chi connectivity index (χ3n) is 4.79. The second-order valence-electron chi connectivity index (χ2n) is 7.95. The van der Waals surface area contributed by atoms with Gasteiger partial charge in [0.05, 0.1) is 19.0 Å². The molecule has 2 aliphatic heterocycles. The number of rotatable bonds is 12. The highest BCUT2D eigenvalue weighted by atomic mass is 32.5. The first-order valence-corrected chi connectivity index (χ1v) is 15.4. The molecule has 0 aromatic heterocycles. The van der Waals surface area contributed by atoms with Crippen molar-refractivity contribution in [3.63, 3.8) is 0 Å². The van der Waals surface area contributed by atoms with E-state index in [-0.39, 0.29) is 24.1 Å².